The highest BCUT2D eigenvalue weighted by Gasteiger charge is 2.09. The van der Waals surface area contributed by atoms with Crippen molar-refractivity contribution in [2.24, 2.45) is 0 Å². The summed E-state index contributed by atoms with van der Waals surface area (Å²) in [4.78, 5) is 8.35. The lowest BCUT2D eigenvalue weighted by Crippen LogP contribution is -2.07. The molecule has 2 rings (SSSR count). The van der Waals surface area contributed by atoms with E-state index in [1.54, 1.807) is 18.3 Å². The Balaban J connectivity index is 2.25. The van der Waals surface area contributed by atoms with Crippen molar-refractivity contribution in [3.63, 3.8) is 0 Å². The van der Waals surface area contributed by atoms with Crippen molar-refractivity contribution in [1.29, 1.82) is 0 Å². The van der Waals surface area contributed by atoms with E-state index in [2.05, 4.69) is 31.2 Å². The van der Waals surface area contributed by atoms with Gasteiger partial charge in [-0.15, -0.1) is 0 Å². The molecule has 1 aromatic heterocycles. The predicted octanol–water partition coefficient (Wildman–Crippen LogP) is 4.06. The third-order valence-corrected chi connectivity index (χ3v) is 3.70. The number of ether oxygens (including phenoxy) is 1. The summed E-state index contributed by atoms with van der Waals surface area (Å²) in [6.45, 7) is 0.610. The molecule has 0 fully saturated rings. The van der Waals surface area contributed by atoms with E-state index in [0.717, 1.165) is 5.69 Å². The van der Waals surface area contributed by atoms with E-state index >= 15 is 0 Å². The van der Waals surface area contributed by atoms with Crippen LogP contribution in [0.25, 0.3) is 0 Å². The normalized spacial score (nSPS) is 10.5. The van der Waals surface area contributed by atoms with Gasteiger partial charge in [-0.1, -0.05) is 23.2 Å². The summed E-state index contributed by atoms with van der Waals surface area (Å²) >= 11 is 15.4. The molecule has 100 valence electrons. The molecule has 0 unspecified atom stereocenters. The minimum Gasteiger partial charge on any atom is -0.436 e. The number of aromatic nitrogens is 2. The first-order valence-electron chi connectivity index (χ1n) is 5.38. The average molecular weight is 363 g/mol. The standard InChI is InChI=1S/C12H10BrCl2N3O/c1-16-4-7-5-17-6-12(18-7)19-11-3-9(14)8(13)2-10(11)15/h2-3,5-6,16H,4H2,1H3. The molecule has 0 aliphatic heterocycles. The third-order valence-electron chi connectivity index (χ3n) is 2.21. The van der Waals surface area contributed by atoms with Crippen LogP contribution >= 0.6 is 39.1 Å². The van der Waals surface area contributed by atoms with Gasteiger partial charge in [-0.05, 0) is 29.0 Å². The van der Waals surface area contributed by atoms with Gasteiger partial charge in [0.15, 0.2) is 0 Å². The molecule has 0 aliphatic rings. The maximum Gasteiger partial charge on any atom is 0.238 e. The van der Waals surface area contributed by atoms with E-state index in [4.69, 9.17) is 27.9 Å². The van der Waals surface area contributed by atoms with Gasteiger partial charge in [-0.25, -0.2) is 4.98 Å². The quantitative estimate of drug-likeness (QED) is 0.833. The molecule has 0 aliphatic carbocycles. The summed E-state index contributed by atoms with van der Waals surface area (Å²) in [5.74, 6) is 0.804. The maximum absolute atomic E-state index is 6.08. The minimum absolute atomic E-state index is 0.369. The van der Waals surface area contributed by atoms with E-state index in [-0.39, 0.29) is 0 Å². The van der Waals surface area contributed by atoms with Crippen LogP contribution in [0.15, 0.2) is 29.0 Å². The molecule has 0 atom stereocenters. The Labute approximate surface area is 129 Å². The second-order valence-corrected chi connectivity index (χ2v) is 5.35. The zero-order chi connectivity index (χ0) is 13.8. The highest BCUT2D eigenvalue weighted by atomic mass is 79.9. The maximum atomic E-state index is 6.08. The molecule has 0 saturated heterocycles. The van der Waals surface area contributed by atoms with Crippen molar-refractivity contribution >= 4 is 39.1 Å². The summed E-state index contributed by atoms with van der Waals surface area (Å²) in [5, 5.41) is 3.95. The fraction of sp³-hybridized carbons (Fsp3) is 0.167. The first-order valence-corrected chi connectivity index (χ1v) is 6.93. The molecule has 0 radical (unpaired) electrons. The molecule has 1 heterocycles. The molecule has 1 aromatic carbocycles. The fourth-order valence-electron chi connectivity index (χ4n) is 1.40. The summed E-state index contributed by atoms with van der Waals surface area (Å²) in [6.07, 6.45) is 3.19. The number of nitrogens with one attached hydrogen (secondary N) is 1. The van der Waals surface area contributed by atoms with Crippen LogP contribution < -0.4 is 10.1 Å². The number of benzene rings is 1. The van der Waals surface area contributed by atoms with Gasteiger partial charge in [-0.2, -0.15) is 0 Å². The van der Waals surface area contributed by atoms with Crippen LogP contribution in [0.2, 0.25) is 10.0 Å². The minimum atomic E-state index is 0.369. The van der Waals surface area contributed by atoms with E-state index in [0.29, 0.717) is 32.7 Å². The summed E-state index contributed by atoms with van der Waals surface area (Å²) in [7, 11) is 1.83. The van der Waals surface area contributed by atoms with E-state index in [1.807, 2.05) is 7.05 Å². The van der Waals surface area contributed by atoms with E-state index < -0.39 is 0 Å². The molecule has 0 saturated carbocycles. The Hall–Kier alpha value is -0.880. The highest BCUT2D eigenvalue weighted by Crippen LogP contribution is 2.35. The van der Waals surface area contributed by atoms with Gasteiger partial charge in [0.25, 0.3) is 0 Å². The number of hydrogen-bond acceptors (Lipinski definition) is 4. The fourth-order valence-corrected chi connectivity index (χ4v) is 2.23. The summed E-state index contributed by atoms with van der Waals surface area (Å²) in [6, 6.07) is 3.30. The lowest BCUT2D eigenvalue weighted by molar-refractivity contribution is 0.457. The monoisotopic (exact) mass is 361 g/mol. The Morgan fingerprint density at radius 2 is 2.05 bits per heavy atom. The largest absolute Gasteiger partial charge is 0.436 e. The molecule has 19 heavy (non-hydrogen) atoms. The summed E-state index contributed by atoms with van der Waals surface area (Å²) < 4.78 is 6.30. The molecule has 7 heteroatoms. The highest BCUT2D eigenvalue weighted by molar-refractivity contribution is 9.10. The molecule has 0 spiro atoms. The van der Waals surface area contributed by atoms with Gasteiger partial charge < -0.3 is 10.1 Å². The molecule has 0 amide bonds. The topological polar surface area (TPSA) is 47.0 Å². The van der Waals surface area contributed by atoms with Crippen molar-refractivity contribution < 1.29 is 4.74 Å². The number of halogens is 3. The number of hydrogen-bond donors (Lipinski definition) is 1. The first-order chi connectivity index (χ1) is 9.10. The lowest BCUT2D eigenvalue weighted by Gasteiger charge is -2.08. The van der Waals surface area contributed by atoms with Crippen LogP contribution in [0.1, 0.15) is 5.69 Å². The number of nitrogens with zero attached hydrogens (tertiary/aromatic N) is 2. The molecule has 1 N–H and O–H groups in total. The SMILES string of the molecule is CNCc1cncc(Oc2cc(Cl)c(Br)cc2Cl)n1. The zero-order valence-electron chi connectivity index (χ0n) is 9.95. The van der Waals surface area contributed by atoms with Crippen molar-refractivity contribution in [3.8, 4) is 11.6 Å². The first kappa shape index (κ1) is 14.5. The van der Waals surface area contributed by atoms with Crippen LogP contribution in [0.3, 0.4) is 0 Å². The van der Waals surface area contributed by atoms with Crippen LogP contribution in [-0.2, 0) is 6.54 Å². The smallest absolute Gasteiger partial charge is 0.238 e. The summed E-state index contributed by atoms with van der Waals surface area (Å²) in [5.41, 5.74) is 0.777. The number of rotatable bonds is 4. The van der Waals surface area contributed by atoms with Gasteiger partial charge in [0, 0.05) is 23.3 Å². The van der Waals surface area contributed by atoms with Crippen LogP contribution in [-0.4, -0.2) is 17.0 Å². The molecular weight excluding hydrogens is 353 g/mol. The Morgan fingerprint density at radius 1 is 1.26 bits per heavy atom. The Bertz CT molecular complexity index is 595. The molecule has 0 bridgehead atoms. The Morgan fingerprint density at radius 3 is 2.79 bits per heavy atom. The van der Waals surface area contributed by atoms with Gasteiger partial charge >= 0.3 is 0 Å². The third kappa shape index (κ3) is 3.79. The van der Waals surface area contributed by atoms with Gasteiger partial charge in [0.1, 0.15) is 5.75 Å². The lowest BCUT2D eigenvalue weighted by atomic mass is 10.3. The van der Waals surface area contributed by atoms with Crippen molar-refractivity contribution in [1.82, 2.24) is 15.3 Å². The van der Waals surface area contributed by atoms with Gasteiger partial charge in [-0.3, -0.25) is 4.98 Å². The second kappa shape index (κ2) is 6.52. The van der Waals surface area contributed by atoms with E-state index in [9.17, 15) is 0 Å². The van der Waals surface area contributed by atoms with Crippen LogP contribution in [0.5, 0.6) is 11.6 Å². The molecular formula is C12H10BrCl2N3O. The predicted molar refractivity (Wildman–Crippen MR) is 79.0 cm³/mol. The molecule has 2 aromatic rings. The van der Waals surface area contributed by atoms with Crippen LogP contribution in [0.4, 0.5) is 0 Å². The average Bonchev–Trinajstić information content (AvgIpc) is 2.37. The Kier molecular flexibility index (Phi) is 4.99. The van der Waals surface area contributed by atoms with Gasteiger partial charge in [0.2, 0.25) is 5.88 Å². The zero-order valence-corrected chi connectivity index (χ0v) is 13.1. The van der Waals surface area contributed by atoms with Gasteiger partial charge in [0.05, 0.1) is 21.9 Å². The second-order valence-electron chi connectivity index (χ2n) is 3.68. The van der Waals surface area contributed by atoms with Crippen molar-refractivity contribution in [3.05, 3.63) is 44.7 Å². The molecule has 4 nitrogen and oxygen atoms in total. The van der Waals surface area contributed by atoms with E-state index in [1.165, 1.54) is 6.20 Å². The van der Waals surface area contributed by atoms with Crippen molar-refractivity contribution in [2.45, 2.75) is 6.54 Å². The van der Waals surface area contributed by atoms with Crippen molar-refractivity contribution in [2.75, 3.05) is 7.05 Å². The van der Waals surface area contributed by atoms with Crippen LogP contribution in [0, 0.1) is 0 Å².